The van der Waals surface area contributed by atoms with E-state index in [0.29, 0.717) is 13.2 Å². The molecule has 0 radical (unpaired) electrons. The summed E-state index contributed by atoms with van der Waals surface area (Å²) in [6.07, 6.45) is 1.35. The maximum atomic E-state index is 13.7. The van der Waals surface area contributed by atoms with Gasteiger partial charge in [-0.3, -0.25) is 4.79 Å². The lowest BCUT2D eigenvalue weighted by Crippen LogP contribution is -2.45. The van der Waals surface area contributed by atoms with Gasteiger partial charge < -0.3 is 9.64 Å². The Bertz CT molecular complexity index is 1270. The number of rotatable bonds is 10. The quantitative estimate of drug-likeness (QED) is 0.317. The van der Waals surface area contributed by atoms with E-state index < -0.39 is 10.0 Å². The van der Waals surface area contributed by atoms with E-state index in [-0.39, 0.29) is 42.4 Å². The van der Waals surface area contributed by atoms with Crippen molar-refractivity contribution in [1.29, 1.82) is 0 Å². The zero-order valence-electron chi connectivity index (χ0n) is 19.9. The molecule has 192 valence electrons. The summed E-state index contributed by atoms with van der Waals surface area (Å²) in [5, 5.41) is 1.97. The summed E-state index contributed by atoms with van der Waals surface area (Å²) in [7, 11) is -3.94. The molecule has 1 unspecified atom stereocenters. The molecular weight excluding hydrogens is 567 g/mol. The average Bonchev–Trinajstić information content (AvgIpc) is 3.51. The molecule has 0 saturated carbocycles. The molecular formula is C26H28BrFN2O4S2. The lowest BCUT2D eigenvalue weighted by molar-refractivity contribution is -0.132. The van der Waals surface area contributed by atoms with Crippen molar-refractivity contribution in [3.8, 4) is 0 Å². The zero-order valence-corrected chi connectivity index (χ0v) is 23.1. The van der Waals surface area contributed by atoms with E-state index in [2.05, 4.69) is 15.9 Å². The highest BCUT2D eigenvalue weighted by Gasteiger charge is 2.32. The van der Waals surface area contributed by atoms with Crippen LogP contribution in [0.2, 0.25) is 0 Å². The number of benzene rings is 2. The van der Waals surface area contributed by atoms with Gasteiger partial charge in [-0.15, -0.1) is 11.3 Å². The third-order valence-corrected chi connectivity index (χ3v) is 9.50. The molecule has 0 bridgehead atoms. The summed E-state index contributed by atoms with van der Waals surface area (Å²) in [5.74, 6) is -0.681. The van der Waals surface area contributed by atoms with Gasteiger partial charge in [0.05, 0.1) is 24.1 Å². The van der Waals surface area contributed by atoms with Crippen LogP contribution in [0.5, 0.6) is 0 Å². The fraction of sp³-hybridized carbons (Fsp3) is 0.346. The van der Waals surface area contributed by atoms with Crippen LogP contribution in [-0.4, -0.2) is 49.3 Å². The number of halogens is 2. The Labute approximate surface area is 223 Å². The summed E-state index contributed by atoms with van der Waals surface area (Å²) in [6, 6.07) is 14.4. The number of ether oxygens (including phenoxy) is 1. The Balaban J connectivity index is 1.61. The van der Waals surface area contributed by atoms with Crippen molar-refractivity contribution in [2.45, 2.75) is 43.9 Å². The molecule has 1 amide bonds. The molecule has 4 rings (SSSR count). The van der Waals surface area contributed by atoms with E-state index in [4.69, 9.17) is 4.74 Å². The molecule has 1 atom stereocenters. The Hall–Kier alpha value is -2.11. The number of nitrogens with zero attached hydrogens (tertiary/aromatic N) is 2. The third kappa shape index (κ3) is 6.80. The number of hydrogen-bond acceptors (Lipinski definition) is 5. The van der Waals surface area contributed by atoms with Gasteiger partial charge in [-0.25, -0.2) is 12.8 Å². The van der Waals surface area contributed by atoms with Crippen LogP contribution >= 0.6 is 27.3 Å². The first-order valence-electron chi connectivity index (χ1n) is 11.6. The first kappa shape index (κ1) is 26.9. The van der Waals surface area contributed by atoms with Crippen molar-refractivity contribution >= 4 is 43.2 Å². The zero-order chi connectivity index (χ0) is 25.7. The van der Waals surface area contributed by atoms with Crippen molar-refractivity contribution in [3.05, 3.63) is 86.3 Å². The minimum absolute atomic E-state index is 0.104. The second-order valence-corrected chi connectivity index (χ2v) is 12.6. The molecule has 2 aromatic carbocycles. The first-order chi connectivity index (χ1) is 17.2. The summed E-state index contributed by atoms with van der Waals surface area (Å²) in [4.78, 5) is 16.4. The largest absolute Gasteiger partial charge is 0.377 e. The van der Waals surface area contributed by atoms with Crippen LogP contribution in [0.4, 0.5) is 4.39 Å². The molecule has 0 spiro atoms. The normalized spacial score (nSPS) is 15.9. The molecule has 6 nitrogen and oxygen atoms in total. The molecule has 1 aliphatic rings. The maximum Gasteiger partial charge on any atom is 0.243 e. The Morgan fingerprint density at radius 2 is 1.83 bits per heavy atom. The van der Waals surface area contributed by atoms with E-state index >= 15 is 0 Å². The van der Waals surface area contributed by atoms with Gasteiger partial charge in [-0.2, -0.15) is 4.31 Å². The van der Waals surface area contributed by atoms with Crippen LogP contribution in [0.1, 0.15) is 28.8 Å². The third-order valence-electron chi connectivity index (χ3n) is 6.14. The summed E-state index contributed by atoms with van der Waals surface area (Å²) >= 11 is 4.88. The van der Waals surface area contributed by atoms with Gasteiger partial charge in [0.25, 0.3) is 0 Å². The molecule has 1 saturated heterocycles. The van der Waals surface area contributed by atoms with E-state index in [0.717, 1.165) is 33.3 Å². The van der Waals surface area contributed by atoms with Crippen LogP contribution in [0.25, 0.3) is 0 Å². The van der Waals surface area contributed by atoms with Crippen LogP contribution in [0.15, 0.2) is 69.3 Å². The number of amides is 1. The minimum Gasteiger partial charge on any atom is -0.377 e. The second kappa shape index (κ2) is 12.0. The predicted molar refractivity (Wildman–Crippen MR) is 142 cm³/mol. The number of carbonyl (C=O) groups is 1. The molecule has 1 aliphatic heterocycles. The van der Waals surface area contributed by atoms with Crippen molar-refractivity contribution in [2.24, 2.45) is 0 Å². The monoisotopic (exact) mass is 594 g/mol. The van der Waals surface area contributed by atoms with Crippen molar-refractivity contribution in [3.63, 3.8) is 0 Å². The summed E-state index contributed by atoms with van der Waals surface area (Å²) < 4.78 is 48.4. The highest BCUT2D eigenvalue weighted by molar-refractivity contribution is 9.10. The van der Waals surface area contributed by atoms with Gasteiger partial charge in [0.1, 0.15) is 5.82 Å². The topological polar surface area (TPSA) is 66.9 Å². The molecule has 36 heavy (non-hydrogen) atoms. The maximum absolute atomic E-state index is 13.7. The second-order valence-electron chi connectivity index (χ2n) is 8.79. The fourth-order valence-corrected chi connectivity index (χ4v) is 6.66. The van der Waals surface area contributed by atoms with Crippen molar-refractivity contribution in [1.82, 2.24) is 9.21 Å². The van der Waals surface area contributed by atoms with Crippen molar-refractivity contribution < 1.29 is 22.3 Å². The lowest BCUT2D eigenvalue weighted by Gasteiger charge is -2.28. The van der Waals surface area contributed by atoms with Crippen LogP contribution < -0.4 is 0 Å². The van der Waals surface area contributed by atoms with Crippen LogP contribution in [0, 0.1) is 12.7 Å². The van der Waals surface area contributed by atoms with Gasteiger partial charge in [-0.05, 0) is 78.7 Å². The number of thiophene rings is 1. The number of sulfonamides is 1. The molecule has 0 N–H and O–H groups in total. The van der Waals surface area contributed by atoms with Crippen LogP contribution in [-0.2, 0) is 32.6 Å². The number of carbonyl (C=O) groups excluding carboxylic acids is 1. The van der Waals surface area contributed by atoms with Gasteiger partial charge in [0.15, 0.2) is 0 Å². The fourth-order valence-electron chi connectivity index (χ4n) is 4.05. The molecule has 10 heteroatoms. The Kier molecular flexibility index (Phi) is 8.95. The lowest BCUT2D eigenvalue weighted by atomic mass is 10.2. The smallest absolute Gasteiger partial charge is 0.243 e. The summed E-state index contributed by atoms with van der Waals surface area (Å²) in [5.41, 5.74) is 1.83. The molecule has 1 fully saturated rings. The highest BCUT2D eigenvalue weighted by Crippen LogP contribution is 2.24. The molecule has 1 aromatic heterocycles. The van der Waals surface area contributed by atoms with Gasteiger partial charge in [-0.1, -0.05) is 28.1 Å². The van der Waals surface area contributed by atoms with Gasteiger partial charge >= 0.3 is 0 Å². The summed E-state index contributed by atoms with van der Waals surface area (Å²) in [6.45, 7) is 2.93. The average molecular weight is 596 g/mol. The predicted octanol–water partition coefficient (Wildman–Crippen LogP) is 5.36. The Morgan fingerprint density at radius 1 is 1.11 bits per heavy atom. The Morgan fingerprint density at radius 3 is 2.44 bits per heavy atom. The van der Waals surface area contributed by atoms with Gasteiger partial charge in [0, 0.05) is 29.0 Å². The van der Waals surface area contributed by atoms with E-state index in [1.165, 1.54) is 28.6 Å². The number of hydrogen-bond donors (Lipinski definition) is 0. The van der Waals surface area contributed by atoms with Gasteiger partial charge in [0.2, 0.25) is 15.9 Å². The standard InChI is InChI=1S/C26H28BrFN2O4S2/c1-19-12-14-35-25(19)17-29(15-20-4-8-22(28)9-5-20)26(31)18-30(16-23-3-2-13-34-23)36(32,33)24-10-6-21(27)7-11-24/h4-12,14,23H,2-3,13,15-18H2,1H3. The molecule has 2 heterocycles. The van der Waals surface area contributed by atoms with Crippen molar-refractivity contribution in [2.75, 3.05) is 19.7 Å². The number of aryl methyl sites for hydroxylation is 1. The van der Waals surface area contributed by atoms with E-state index in [9.17, 15) is 17.6 Å². The first-order valence-corrected chi connectivity index (χ1v) is 14.8. The molecule has 0 aliphatic carbocycles. The molecule has 3 aromatic rings. The minimum atomic E-state index is -3.94. The van der Waals surface area contributed by atoms with Crippen LogP contribution in [0.3, 0.4) is 0 Å². The highest BCUT2D eigenvalue weighted by atomic mass is 79.9. The SMILES string of the molecule is Cc1ccsc1CN(Cc1ccc(F)cc1)C(=O)CN(CC1CCCO1)S(=O)(=O)c1ccc(Br)cc1. The van der Waals surface area contributed by atoms with E-state index in [1.54, 1.807) is 40.5 Å². The van der Waals surface area contributed by atoms with E-state index in [1.807, 2.05) is 18.4 Å².